The minimum atomic E-state index is 0.649. The van der Waals surface area contributed by atoms with Crippen LogP contribution in [0.5, 0.6) is 0 Å². The second-order valence-corrected chi connectivity index (χ2v) is 3.32. The van der Waals surface area contributed by atoms with Crippen LogP contribution in [0.1, 0.15) is 22.7 Å². The zero-order valence-corrected chi connectivity index (χ0v) is 7.02. The third-order valence-electron chi connectivity index (χ3n) is 2.21. The smallest absolute Gasteiger partial charge is 0.0450 e. The normalized spacial score (nSPS) is 21.8. The first kappa shape index (κ1) is 6.86. The molecular weight excluding hydrogens is 134 g/mol. The van der Waals surface area contributed by atoms with Crippen molar-refractivity contribution in [2.24, 2.45) is 0 Å². The Morgan fingerprint density at radius 2 is 2.09 bits per heavy atom. The second-order valence-electron chi connectivity index (χ2n) is 3.32. The van der Waals surface area contributed by atoms with E-state index >= 15 is 0 Å². The fraction of sp³-hybridized carbons (Fsp3) is 0.400. The second kappa shape index (κ2) is 2.35. The molecule has 1 unspecified atom stereocenters. The third kappa shape index (κ3) is 1.29. The highest BCUT2D eigenvalue weighted by molar-refractivity contribution is 5.35. The lowest BCUT2D eigenvalue weighted by molar-refractivity contribution is 1.05. The molecule has 1 aliphatic rings. The number of aryl methyl sites for hydroxylation is 2. The van der Waals surface area contributed by atoms with Gasteiger partial charge in [0.25, 0.3) is 0 Å². The lowest BCUT2D eigenvalue weighted by Gasteiger charge is -2.02. The molecule has 0 spiro atoms. The lowest BCUT2D eigenvalue weighted by Crippen LogP contribution is -1.89. The lowest BCUT2D eigenvalue weighted by atomic mass is 10.0. The molecule has 1 saturated heterocycles. The summed E-state index contributed by atoms with van der Waals surface area (Å²) in [6, 6.07) is 7.31. The molecule has 1 aliphatic heterocycles. The maximum atomic E-state index is 3.31. The fourth-order valence-corrected chi connectivity index (χ4v) is 1.50. The summed E-state index contributed by atoms with van der Waals surface area (Å²) in [6.07, 6.45) is 0. The Labute approximate surface area is 67.4 Å². The van der Waals surface area contributed by atoms with Crippen molar-refractivity contribution in [3.05, 3.63) is 34.9 Å². The van der Waals surface area contributed by atoms with Crippen LogP contribution in [0.2, 0.25) is 0 Å². The molecule has 58 valence electrons. The summed E-state index contributed by atoms with van der Waals surface area (Å²) in [7, 11) is 0. The van der Waals surface area contributed by atoms with Crippen LogP contribution in [0.25, 0.3) is 0 Å². The summed E-state index contributed by atoms with van der Waals surface area (Å²) in [5.74, 6) is 0. The summed E-state index contributed by atoms with van der Waals surface area (Å²) in [4.78, 5) is 0. The van der Waals surface area contributed by atoms with Gasteiger partial charge in [0.05, 0.1) is 0 Å². The van der Waals surface area contributed by atoms with Crippen LogP contribution < -0.4 is 5.32 Å². The van der Waals surface area contributed by atoms with Crippen LogP contribution in [-0.2, 0) is 0 Å². The number of hydrogen-bond acceptors (Lipinski definition) is 1. The average Bonchev–Trinajstić information content (AvgIpc) is 2.70. The molecule has 2 rings (SSSR count). The molecule has 11 heavy (non-hydrogen) atoms. The van der Waals surface area contributed by atoms with Crippen molar-refractivity contribution in [2.75, 3.05) is 6.54 Å². The predicted molar refractivity (Wildman–Crippen MR) is 46.7 cm³/mol. The van der Waals surface area contributed by atoms with Gasteiger partial charge in [-0.05, 0) is 25.0 Å². The molecule has 0 aliphatic carbocycles. The van der Waals surface area contributed by atoms with Crippen molar-refractivity contribution >= 4 is 0 Å². The van der Waals surface area contributed by atoms with Gasteiger partial charge in [0, 0.05) is 12.6 Å². The van der Waals surface area contributed by atoms with E-state index in [9.17, 15) is 0 Å². The standard InChI is InChI=1S/C10H13N/c1-7-3-4-9(8(2)5-7)10-6-11-10/h3-5,10-11H,6H2,1-2H3. The van der Waals surface area contributed by atoms with E-state index in [0.29, 0.717) is 6.04 Å². The van der Waals surface area contributed by atoms with Crippen molar-refractivity contribution in [1.29, 1.82) is 0 Å². The molecule has 1 N–H and O–H groups in total. The molecule has 0 aromatic heterocycles. The molecule has 1 nitrogen and oxygen atoms in total. The van der Waals surface area contributed by atoms with Gasteiger partial charge >= 0.3 is 0 Å². The maximum absolute atomic E-state index is 3.31. The zero-order chi connectivity index (χ0) is 7.84. The predicted octanol–water partition coefficient (Wildman–Crippen LogP) is 1.95. The first-order valence-electron chi connectivity index (χ1n) is 4.08. The van der Waals surface area contributed by atoms with Crippen molar-refractivity contribution in [3.8, 4) is 0 Å². The fourth-order valence-electron chi connectivity index (χ4n) is 1.50. The van der Waals surface area contributed by atoms with Gasteiger partial charge in [0.2, 0.25) is 0 Å². The van der Waals surface area contributed by atoms with E-state index < -0.39 is 0 Å². The molecule has 0 saturated carbocycles. The number of nitrogens with one attached hydrogen (secondary N) is 1. The Kier molecular flexibility index (Phi) is 1.46. The molecule has 1 aromatic rings. The maximum Gasteiger partial charge on any atom is 0.0450 e. The molecule has 1 atom stereocenters. The first-order chi connectivity index (χ1) is 5.27. The minimum absolute atomic E-state index is 0.649. The van der Waals surface area contributed by atoms with Gasteiger partial charge in [0.15, 0.2) is 0 Å². The number of hydrogen-bond donors (Lipinski definition) is 1. The van der Waals surface area contributed by atoms with Crippen molar-refractivity contribution in [1.82, 2.24) is 5.32 Å². The number of benzene rings is 1. The summed E-state index contributed by atoms with van der Waals surface area (Å²) in [5, 5.41) is 3.31. The molecule has 1 heterocycles. The van der Waals surface area contributed by atoms with Crippen LogP contribution in [0.4, 0.5) is 0 Å². The highest BCUT2D eigenvalue weighted by atomic mass is 15.1. The van der Waals surface area contributed by atoms with Gasteiger partial charge in [-0.25, -0.2) is 0 Å². The summed E-state index contributed by atoms with van der Waals surface area (Å²) in [6.45, 7) is 5.48. The summed E-state index contributed by atoms with van der Waals surface area (Å²) < 4.78 is 0. The highest BCUT2D eigenvalue weighted by Crippen LogP contribution is 2.24. The van der Waals surface area contributed by atoms with Crippen LogP contribution in [0.3, 0.4) is 0 Å². The van der Waals surface area contributed by atoms with Gasteiger partial charge in [-0.3, -0.25) is 0 Å². The van der Waals surface area contributed by atoms with E-state index in [0.717, 1.165) is 6.54 Å². The Morgan fingerprint density at radius 3 is 2.64 bits per heavy atom. The molecule has 0 bridgehead atoms. The Hall–Kier alpha value is -0.820. The van der Waals surface area contributed by atoms with Gasteiger partial charge in [0.1, 0.15) is 0 Å². The van der Waals surface area contributed by atoms with Crippen LogP contribution in [0, 0.1) is 13.8 Å². The van der Waals surface area contributed by atoms with E-state index in [1.165, 1.54) is 16.7 Å². The Bertz CT molecular complexity index is 274. The average molecular weight is 147 g/mol. The minimum Gasteiger partial charge on any atom is -0.307 e. The first-order valence-corrected chi connectivity index (χ1v) is 4.08. The largest absolute Gasteiger partial charge is 0.307 e. The number of rotatable bonds is 1. The van der Waals surface area contributed by atoms with E-state index in [1.807, 2.05) is 0 Å². The van der Waals surface area contributed by atoms with Crippen LogP contribution >= 0.6 is 0 Å². The Balaban J connectivity index is 2.39. The van der Waals surface area contributed by atoms with Crippen LogP contribution in [-0.4, -0.2) is 6.54 Å². The highest BCUT2D eigenvalue weighted by Gasteiger charge is 2.23. The molecule has 1 fully saturated rings. The van der Waals surface area contributed by atoms with E-state index in [-0.39, 0.29) is 0 Å². The van der Waals surface area contributed by atoms with Gasteiger partial charge < -0.3 is 5.32 Å². The summed E-state index contributed by atoms with van der Waals surface area (Å²) >= 11 is 0. The third-order valence-corrected chi connectivity index (χ3v) is 2.21. The Morgan fingerprint density at radius 1 is 1.36 bits per heavy atom. The molecule has 0 radical (unpaired) electrons. The van der Waals surface area contributed by atoms with Gasteiger partial charge in [-0.2, -0.15) is 0 Å². The van der Waals surface area contributed by atoms with Crippen molar-refractivity contribution < 1.29 is 0 Å². The van der Waals surface area contributed by atoms with Crippen molar-refractivity contribution in [2.45, 2.75) is 19.9 Å². The van der Waals surface area contributed by atoms with E-state index in [1.54, 1.807) is 0 Å². The topological polar surface area (TPSA) is 21.9 Å². The molecular formula is C10H13N. The SMILES string of the molecule is Cc1ccc(C2CN2)c(C)c1. The molecule has 1 aromatic carbocycles. The summed E-state index contributed by atoms with van der Waals surface area (Å²) in [5.41, 5.74) is 4.24. The quantitative estimate of drug-likeness (QED) is 0.602. The monoisotopic (exact) mass is 147 g/mol. The van der Waals surface area contributed by atoms with E-state index in [4.69, 9.17) is 0 Å². The zero-order valence-electron chi connectivity index (χ0n) is 7.02. The van der Waals surface area contributed by atoms with E-state index in [2.05, 4.69) is 37.4 Å². The molecule has 0 amide bonds. The van der Waals surface area contributed by atoms with Crippen molar-refractivity contribution in [3.63, 3.8) is 0 Å². The molecule has 1 heteroatoms. The van der Waals surface area contributed by atoms with Gasteiger partial charge in [-0.1, -0.05) is 23.8 Å². The van der Waals surface area contributed by atoms with Gasteiger partial charge in [-0.15, -0.1) is 0 Å². The van der Waals surface area contributed by atoms with Crippen LogP contribution in [0.15, 0.2) is 18.2 Å².